The third-order valence-electron chi connectivity index (χ3n) is 18.6. The fourth-order valence-electron chi connectivity index (χ4n) is 14.6. The van der Waals surface area contributed by atoms with E-state index in [2.05, 4.69) is 219 Å². The Morgan fingerprint density at radius 1 is 0.500 bits per heavy atom. The molecule has 0 amide bonds. The Balaban J connectivity index is 1.09. The monoisotopic (exact) mass is 906 g/mol. The minimum Gasteiger partial charge on any atom is -0.456 e. The lowest BCUT2D eigenvalue weighted by Gasteiger charge is -2.42. The third kappa shape index (κ3) is 4.93. The van der Waals surface area contributed by atoms with Crippen molar-refractivity contribution in [1.29, 1.82) is 0 Å². The van der Waals surface area contributed by atoms with Crippen molar-refractivity contribution in [2.75, 3.05) is 4.81 Å². The molecular formula is C66H59BN2O. The van der Waals surface area contributed by atoms with Crippen LogP contribution in [-0.2, 0) is 27.1 Å². The van der Waals surface area contributed by atoms with Crippen molar-refractivity contribution in [2.45, 2.75) is 116 Å². The van der Waals surface area contributed by atoms with E-state index < -0.39 is 0 Å². The molecule has 0 atom stereocenters. The second-order valence-corrected chi connectivity index (χ2v) is 25.1. The van der Waals surface area contributed by atoms with E-state index in [-0.39, 0.29) is 33.9 Å². The zero-order chi connectivity index (χ0) is 47.9. The molecule has 0 radical (unpaired) electrons. The quantitative estimate of drug-likeness (QED) is 0.153. The topological polar surface area (TPSA) is 21.3 Å². The largest absolute Gasteiger partial charge is 0.456 e. The van der Waals surface area contributed by atoms with Gasteiger partial charge in [0, 0.05) is 55.0 Å². The molecule has 4 heteroatoms. The van der Waals surface area contributed by atoms with Crippen molar-refractivity contribution in [2.24, 2.45) is 0 Å². The summed E-state index contributed by atoms with van der Waals surface area (Å²) in [4.78, 5) is 2.72. The van der Waals surface area contributed by atoms with E-state index >= 15 is 0 Å². The predicted octanol–water partition coefficient (Wildman–Crippen LogP) is 16.2. The Morgan fingerprint density at radius 3 is 1.96 bits per heavy atom. The SMILES string of the molecule is CC(C)(C)c1ccc(N2B3c4cc5oc6ccccc6c5cc4-n4c5ccc6c(c5c5ccc(c3c54)-c3cc4c(cc32)C(C)(C)c2cc3c(cc2-4)C(C)(C)CCC3(C)C)-c2ccccc2C6(C)C)cc1. The Kier molecular flexibility index (Phi) is 7.48. The molecule has 3 nitrogen and oxygen atoms in total. The molecule has 0 N–H and O–H groups in total. The number of nitrogens with zero attached hydrogens (tertiary/aromatic N) is 2. The number of hydrogen-bond acceptors (Lipinski definition) is 2. The van der Waals surface area contributed by atoms with Gasteiger partial charge in [-0.3, -0.25) is 0 Å². The zero-order valence-electron chi connectivity index (χ0n) is 42.5. The van der Waals surface area contributed by atoms with Gasteiger partial charge in [-0.05, 0) is 161 Å². The first kappa shape index (κ1) is 41.0. The molecule has 4 heterocycles. The highest BCUT2D eigenvalue weighted by atomic mass is 16.3. The summed E-state index contributed by atoms with van der Waals surface area (Å²) in [7, 11) is 0. The molecule has 2 aromatic heterocycles. The van der Waals surface area contributed by atoms with E-state index in [1.165, 1.54) is 135 Å². The summed E-state index contributed by atoms with van der Waals surface area (Å²) in [5.41, 5.74) is 28.9. The van der Waals surface area contributed by atoms with Crippen molar-refractivity contribution < 1.29 is 4.42 Å². The van der Waals surface area contributed by atoms with Crippen LogP contribution in [0.3, 0.4) is 0 Å². The zero-order valence-corrected chi connectivity index (χ0v) is 42.5. The Hall–Kier alpha value is -6.78. The van der Waals surface area contributed by atoms with Gasteiger partial charge >= 0.3 is 6.85 Å². The number of anilines is 2. The summed E-state index contributed by atoms with van der Waals surface area (Å²) in [6, 6.07) is 52.4. The van der Waals surface area contributed by atoms with Gasteiger partial charge in [-0.15, -0.1) is 0 Å². The first-order valence-electron chi connectivity index (χ1n) is 25.8. The van der Waals surface area contributed by atoms with E-state index in [9.17, 15) is 0 Å². The molecule has 8 aromatic carbocycles. The molecule has 70 heavy (non-hydrogen) atoms. The fourth-order valence-corrected chi connectivity index (χ4v) is 14.6. The molecule has 10 aromatic rings. The number of hydrogen-bond donors (Lipinski definition) is 0. The van der Waals surface area contributed by atoms with Gasteiger partial charge in [0.15, 0.2) is 0 Å². The standard InChI is InChI=1S/C66H59BN2O/c1-62(2,3)36-20-22-37(23-21-36)69-54-34-49-42(43-31-50-51(33-48(43)66(49,10)11)64(6,7)29-28-63(50,4)5)30-44(54)39-24-25-41-59-53(27-26-47-58(59)40-17-12-14-18-46(40)65(47,8)9)68-55-32-45-38-16-13-15-19-56(38)70-57(45)35-52(55)67(69)60(39)61(41)68/h12-27,30-35H,28-29H2,1-11H3. The second kappa shape index (κ2) is 12.8. The molecule has 3 aliphatic carbocycles. The number of furan rings is 1. The first-order valence-corrected chi connectivity index (χ1v) is 25.8. The summed E-state index contributed by atoms with van der Waals surface area (Å²) in [5, 5.41) is 4.98. The molecule has 0 bridgehead atoms. The molecule has 342 valence electrons. The number of rotatable bonds is 1. The van der Waals surface area contributed by atoms with Crippen molar-refractivity contribution in [1.82, 2.24) is 4.57 Å². The molecule has 0 fully saturated rings. The van der Waals surface area contributed by atoms with Crippen LogP contribution in [0.5, 0.6) is 0 Å². The predicted molar refractivity (Wildman–Crippen MR) is 296 cm³/mol. The number of aromatic nitrogens is 1. The molecule has 15 rings (SSSR count). The summed E-state index contributed by atoms with van der Waals surface area (Å²) in [6.07, 6.45) is 2.40. The summed E-state index contributed by atoms with van der Waals surface area (Å²) in [6.45, 7) is 26.5. The van der Waals surface area contributed by atoms with E-state index in [0.29, 0.717) is 0 Å². The van der Waals surface area contributed by atoms with Gasteiger partial charge in [-0.2, -0.15) is 0 Å². The molecule has 0 saturated heterocycles. The summed E-state index contributed by atoms with van der Waals surface area (Å²) >= 11 is 0. The van der Waals surface area contributed by atoms with E-state index in [0.717, 1.165) is 21.9 Å². The minimum atomic E-state index is -0.194. The number of benzene rings is 8. The van der Waals surface area contributed by atoms with Gasteiger partial charge in [0.05, 0.1) is 11.0 Å². The van der Waals surface area contributed by atoms with Crippen molar-refractivity contribution >= 4 is 72.9 Å². The normalized spacial score (nSPS) is 17.9. The lowest BCUT2D eigenvalue weighted by atomic mass is 9.44. The molecule has 2 aliphatic heterocycles. The van der Waals surface area contributed by atoms with Crippen LogP contribution >= 0.6 is 0 Å². The maximum atomic E-state index is 6.84. The molecule has 5 aliphatic rings. The van der Waals surface area contributed by atoms with Crippen molar-refractivity contribution in [3.05, 3.63) is 172 Å². The van der Waals surface area contributed by atoms with Gasteiger partial charge in [-0.25, -0.2) is 0 Å². The van der Waals surface area contributed by atoms with Crippen LogP contribution in [0.15, 0.2) is 138 Å². The average molecular weight is 907 g/mol. The van der Waals surface area contributed by atoms with Crippen LogP contribution in [0.1, 0.15) is 128 Å². The van der Waals surface area contributed by atoms with Gasteiger partial charge in [0.25, 0.3) is 0 Å². The fraction of sp³-hybridized carbons (Fsp3) is 0.273. The van der Waals surface area contributed by atoms with Crippen molar-refractivity contribution in [3.63, 3.8) is 0 Å². The average Bonchev–Trinajstić information content (AvgIpc) is 4.01. The van der Waals surface area contributed by atoms with Gasteiger partial charge < -0.3 is 13.8 Å². The smallest absolute Gasteiger partial charge is 0.333 e. The number of para-hydroxylation sites is 1. The first-order chi connectivity index (χ1) is 33.3. The van der Waals surface area contributed by atoms with E-state index in [4.69, 9.17) is 4.42 Å². The summed E-state index contributed by atoms with van der Waals surface area (Å²) in [5.74, 6) is 0. The lowest BCUT2D eigenvalue weighted by molar-refractivity contribution is 0.331. The second-order valence-electron chi connectivity index (χ2n) is 25.1. The maximum Gasteiger partial charge on any atom is 0.333 e. The van der Waals surface area contributed by atoms with Crippen LogP contribution in [0.25, 0.3) is 82.8 Å². The highest BCUT2D eigenvalue weighted by Gasteiger charge is 2.48. The van der Waals surface area contributed by atoms with Crippen LogP contribution in [0.4, 0.5) is 11.4 Å². The van der Waals surface area contributed by atoms with Crippen LogP contribution < -0.4 is 15.7 Å². The molecule has 0 spiro atoms. The van der Waals surface area contributed by atoms with Crippen LogP contribution in [-0.4, -0.2) is 11.4 Å². The van der Waals surface area contributed by atoms with Gasteiger partial charge in [0.1, 0.15) is 11.2 Å². The summed E-state index contributed by atoms with van der Waals surface area (Å²) < 4.78 is 9.49. The Bertz CT molecular complexity index is 4050. The highest BCUT2D eigenvalue weighted by molar-refractivity contribution is 6.94. The van der Waals surface area contributed by atoms with Crippen LogP contribution in [0.2, 0.25) is 0 Å². The van der Waals surface area contributed by atoms with Crippen LogP contribution in [0, 0.1) is 0 Å². The highest BCUT2D eigenvalue weighted by Crippen LogP contribution is 2.59. The van der Waals surface area contributed by atoms with Gasteiger partial charge in [-0.1, -0.05) is 155 Å². The van der Waals surface area contributed by atoms with E-state index in [1.54, 1.807) is 0 Å². The van der Waals surface area contributed by atoms with E-state index in [1.807, 2.05) is 0 Å². The van der Waals surface area contributed by atoms with Crippen molar-refractivity contribution in [3.8, 4) is 39.1 Å². The minimum absolute atomic E-state index is 0.0226. The maximum absolute atomic E-state index is 6.84. The molecular weight excluding hydrogens is 848 g/mol. The Labute approximate surface area is 412 Å². The Morgan fingerprint density at radius 2 is 1.19 bits per heavy atom. The molecule has 0 unspecified atom stereocenters. The lowest BCUT2D eigenvalue weighted by Crippen LogP contribution is -2.60. The van der Waals surface area contributed by atoms with Gasteiger partial charge in [0.2, 0.25) is 0 Å². The number of fused-ring (bicyclic) bond motifs is 19. The third-order valence-corrected chi connectivity index (χ3v) is 18.6. The molecule has 0 saturated carbocycles.